The molecule has 0 spiro atoms. The Morgan fingerprint density at radius 1 is 1.43 bits per heavy atom. The number of methoxy groups -OCH3 is 1. The maximum absolute atomic E-state index is 11.9. The highest BCUT2D eigenvalue weighted by molar-refractivity contribution is 7.99. The Balaban J connectivity index is 2.03. The van der Waals surface area contributed by atoms with Gasteiger partial charge in [0.2, 0.25) is 5.91 Å². The Bertz CT molecular complexity index is 645. The van der Waals surface area contributed by atoms with Gasteiger partial charge in [-0.25, -0.2) is 0 Å². The van der Waals surface area contributed by atoms with Gasteiger partial charge in [0, 0.05) is 13.2 Å². The molecule has 124 valence electrons. The van der Waals surface area contributed by atoms with Gasteiger partial charge in [0.05, 0.1) is 18.0 Å². The molecule has 0 bridgehead atoms. The van der Waals surface area contributed by atoms with Crippen molar-refractivity contribution in [3.8, 4) is 5.69 Å². The second-order valence-corrected chi connectivity index (χ2v) is 6.12. The fraction of sp³-hybridized carbons (Fsp3) is 0.438. The van der Waals surface area contributed by atoms with Crippen LogP contribution in [0.5, 0.6) is 0 Å². The maximum atomic E-state index is 11.9. The fourth-order valence-electron chi connectivity index (χ4n) is 2.27. The minimum atomic E-state index is -0.0436. The lowest BCUT2D eigenvalue weighted by molar-refractivity contribution is -0.119. The van der Waals surface area contributed by atoms with Crippen molar-refractivity contribution in [2.24, 2.45) is 0 Å². The standard InChI is InChI=1S/C16H22N4O2S/c1-4-13-7-5-6-8-14(13)20-11-17-19-16(20)23-10-15(21)18-12(2)9-22-3/h5-8,11-12H,4,9-10H2,1-3H3,(H,18,21). The smallest absolute Gasteiger partial charge is 0.230 e. The number of rotatable bonds is 8. The van der Waals surface area contributed by atoms with Gasteiger partial charge < -0.3 is 10.1 Å². The topological polar surface area (TPSA) is 69.0 Å². The Morgan fingerprint density at radius 2 is 2.22 bits per heavy atom. The predicted molar refractivity (Wildman–Crippen MR) is 90.9 cm³/mol. The molecule has 23 heavy (non-hydrogen) atoms. The number of hydrogen-bond donors (Lipinski definition) is 1. The van der Waals surface area contributed by atoms with Gasteiger partial charge in [0.1, 0.15) is 6.33 Å². The molecule has 1 aromatic heterocycles. The first-order valence-corrected chi connectivity index (χ1v) is 8.53. The normalized spacial score (nSPS) is 12.1. The zero-order valence-corrected chi connectivity index (χ0v) is 14.5. The summed E-state index contributed by atoms with van der Waals surface area (Å²) < 4.78 is 6.94. The summed E-state index contributed by atoms with van der Waals surface area (Å²) in [6, 6.07) is 8.12. The average molecular weight is 334 g/mol. The summed E-state index contributed by atoms with van der Waals surface area (Å²) in [5.41, 5.74) is 2.27. The van der Waals surface area contributed by atoms with Gasteiger partial charge in [-0.3, -0.25) is 9.36 Å². The summed E-state index contributed by atoms with van der Waals surface area (Å²) in [6.07, 6.45) is 2.61. The largest absolute Gasteiger partial charge is 0.383 e. The van der Waals surface area contributed by atoms with Gasteiger partial charge in [-0.05, 0) is 25.0 Å². The van der Waals surface area contributed by atoms with Gasteiger partial charge in [-0.15, -0.1) is 10.2 Å². The Kier molecular flexibility index (Phi) is 6.61. The van der Waals surface area contributed by atoms with Crippen LogP contribution in [-0.4, -0.2) is 46.2 Å². The van der Waals surface area contributed by atoms with Crippen LogP contribution in [0.25, 0.3) is 5.69 Å². The molecule has 2 aromatic rings. The molecule has 0 aliphatic carbocycles. The van der Waals surface area contributed by atoms with Gasteiger partial charge in [0.15, 0.2) is 5.16 Å². The van der Waals surface area contributed by atoms with Gasteiger partial charge >= 0.3 is 0 Å². The highest BCUT2D eigenvalue weighted by Crippen LogP contribution is 2.22. The number of aromatic nitrogens is 3. The number of ether oxygens (including phenoxy) is 1. The van der Waals surface area contributed by atoms with Crippen LogP contribution < -0.4 is 5.32 Å². The lowest BCUT2D eigenvalue weighted by atomic mass is 10.1. The van der Waals surface area contributed by atoms with Crippen molar-refractivity contribution < 1.29 is 9.53 Å². The molecular formula is C16H22N4O2S. The molecule has 0 aliphatic heterocycles. The molecule has 0 saturated carbocycles. The van der Waals surface area contributed by atoms with Crippen molar-refractivity contribution in [1.29, 1.82) is 0 Å². The first kappa shape index (κ1) is 17.5. The number of hydrogen-bond acceptors (Lipinski definition) is 5. The van der Waals surface area contributed by atoms with Crippen molar-refractivity contribution >= 4 is 17.7 Å². The monoisotopic (exact) mass is 334 g/mol. The number of nitrogens with zero attached hydrogens (tertiary/aromatic N) is 3. The molecule has 1 unspecified atom stereocenters. The van der Waals surface area contributed by atoms with Crippen molar-refractivity contribution in [2.75, 3.05) is 19.5 Å². The number of amides is 1. The fourth-order valence-corrected chi connectivity index (χ4v) is 3.00. The van der Waals surface area contributed by atoms with E-state index in [9.17, 15) is 4.79 Å². The molecule has 6 nitrogen and oxygen atoms in total. The number of carbonyl (C=O) groups is 1. The molecule has 2 rings (SSSR count). The molecule has 0 aliphatic rings. The van der Waals surface area contributed by atoms with Crippen LogP contribution in [0, 0.1) is 0 Å². The average Bonchev–Trinajstić information content (AvgIpc) is 3.01. The highest BCUT2D eigenvalue weighted by atomic mass is 32.2. The van der Waals surface area contributed by atoms with E-state index in [1.54, 1.807) is 13.4 Å². The lowest BCUT2D eigenvalue weighted by Crippen LogP contribution is -2.36. The van der Waals surface area contributed by atoms with E-state index < -0.39 is 0 Å². The van der Waals surface area contributed by atoms with Gasteiger partial charge in [0.25, 0.3) is 0 Å². The minimum absolute atomic E-state index is 0.00760. The summed E-state index contributed by atoms with van der Waals surface area (Å²) >= 11 is 1.37. The number of nitrogens with one attached hydrogen (secondary N) is 1. The number of thioether (sulfide) groups is 1. The third-order valence-corrected chi connectivity index (χ3v) is 4.25. The molecule has 0 fully saturated rings. The third kappa shape index (κ3) is 4.80. The lowest BCUT2D eigenvalue weighted by Gasteiger charge is -2.13. The van der Waals surface area contributed by atoms with Gasteiger partial charge in [-0.2, -0.15) is 0 Å². The van der Waals surface area contributed by atoms with E-state index in [0.717, 1.165) is 12.1 Å². The summed E-state index contributed by atoms with van der Waals surface area (Å²) in [4.78, 5) is 11.9. The summed E-state index contributed by atoms with van der Waals surface area (Å²) in [5.74, 6) is 0.249. The summed E-state index contributed by atoms with van der Waals surface area (Å²) in [7, 11) is 1.62. The molecule has 1 N–H and O–H groups in total. The van der Waals surface area contributed by atoms with Crippen LogP contribution in [0.3, 0.4) is 0 Å². The van der Waals surface area contributed by atoms with Crippen LogP contribution in [0.2, 0.25) is 0 Å². The Labute approximate surface area is 140 Å². The minimum Gasteiger partial charge on any atom is -0.383 e. The van der Waals surface area contributed by atoms with E-state index in [2.05, 4.69) is 28.5 Å². The first-order valence-electron chi connectivity index (χ1n) is 7.55. The van der Waals surface area contributed by atoms with E-state index in [0.29, 0.717) is 17.5 Å². The number of benzene rings is 1. The van der Waals surface area contributed by atoms with Crippen LogP contribution in [-0.2, 0) is 16.0 Å². The highest BCUT2D eigenvalue weighted by Gasteiger charge is 2.13. The summed E-state index contributed by atoms with van der Waals surface area (Å²) in [5, 5.41) is 11.7. The molecule has 0 radical (unpaired) electrons. The van der Waals surface area contributed by atoms with Crippen molar-refractivity contribution in [3.63, 3.8) is 0 Å². The second-order valence-electron chi connectivity index (χ2n) is 5.18. The zero-order valence-electron chi connectivity index (χ0n) is 13.7. The molecule has 0 saturated heterocycles. The van der Waals surface area contributed by atoms with Gasteiger partial charge in [-0.1, -0.05) is 36.9 Å². The second kappa shape index (κ2) is 8.69. The van der Waals surface area contributed by atoms with Crippen LogP contribution >= 0.6 is 11.8 Å². The van der Waals surface area contributed by atoms with Crippen molar-refractivity contribution in [2.45, 2.75) is 31.5 Å². The Morgan fingerprint density at radius 3 is 2.96 bits per heavy atom. The van der Waals surface area contributed by atoms with E-state index in [1.807, 2.05) is 29.7 Å². The van der Waals surface area contributed by atoms with Crippen LogP contribution in [0.15, 0.2) is 35.7 Å². The predicted octanol–water partition coefficient (Wildman–Crippen LogP) is 2.07. The van der Waals surface area contributed by atoms with Crippen molar-refractivity contribution in [3.05, 3.63) is 36.2 Å². The molecule has 7 heteroatoms. The zero-order chi connectivity index (χ0) is 16.7. The van der Waals surface area contributed by atoms with E-state index in [-0.39, 0.29) is 11.9 Å². The van der Waals surface area contributed by atoms with Crippen LogP contribution in [0.4, 0.5) is 0 Å². The summed E-state index contributed by atoms with van der Waals surface area (Å²) in [6.45, 7) is 4.52. The van der Waals surface area contributed by atoms with E-state index >= 15 is 0 Å². The van der Waals surface area contributed by atoms with Crippen molar-refractivity contribution in [1.82, 2.24) is 20.1 Å². The Hall–Kier alpha value is -1.86. The number of para-hydroxylation sites is 1. The SMILES string of the molecule is CCc1ccccc1-n1cnnc1SCC(=O)NC(C)COC. The number of aryl methyl sites for hydroxylation is 1. The maximum Gasteiger partial charge on any atom is 0.230 e. The first-order chi connectivity index (χ1) is 11.2. The molecule has 1 aromatic carbocycles. The third-order valence-electron chi connectivity index (χ3n) is 3.30. The van der Waals surface area contributed by atoms with E-state index in [1.165, 1.54) is 17.3 Å². The molecular weight excluding hydrogens is 312 g/mol. The molecule has 1 amide bonds. The number of carbonyl (C=O) groups excluding carboxylic acids is 1. The quantitative estimate of drug-likeness (QED) is 0.749. The molecule has 1 atom stereocenters. The van der Waals surface area contributed by atoms with Crippen LogP contribution in [0.1, 0.15) is 19.4 Å². The van der Waals surface area contributed by atoms with E-state index in [4.69, 9.17) is 4.74 Å². The molecule has 1 heterocycles.